The Bertz CT molecular complexity index is 730. The van der Waals surface area contributed by atoms with Crippen molar-refractivity contribution < 1.29 is 19.8 Å². The molecule has 1 aliphatic heterocycles. The number of carbonyl (C=O) groups is 2. The molecule has 2 atom stereocenters. The molecule has 0 aromatic heterocycles. The Kier molecular flexibility index (Phi) is 6.48. The molecule has 7 heteroatoms. The first-order chi connectivity index (χ1) is 12.8. The molecular formula is C21H31ClN2O4. The van der Waals surface area contributed by atoms with Gasteiger partial charge in [-0.15, -0.1) is 0 Å². The molecule has 1 heterocycles. The van der Waals surface area contributed by atoms with Crippen molar-refractivity contribution in [1.82, 2.24) is 10.2 Å². The van der Waals surface area contributed by atoms with Gasteiger partial charge < -0.3 is 20.4 Å². The van der Waals surface area contributed by atoms with Gasteiger partial charge in [-0.2, -0.15) is 0 Å². The minimum Gasteiger partial charge on any atom is -0.384 e. The average Bonchev–Trinajstić information content (AvgIpc) is 2.56. The Hall–Kier alpha value is -1.63. The van der Waals surface area contributed by atoms with Crippen molar-refractivity contribution in [2.24, 2.45) is 5.41 Å². The van der Waals surface area contributed by atoms with Crippen molar-refractivity contribution in [3.05, 3.63) is 34.9 Å². The van der Waals surface area contributed by atoms with Gasteiger partial charge in [-0.3, -0.25) is 9.59 Å². The van der Waals surface area contributed by atoms with Crippen LogP contribution in [0.5, 0.6) is 0 Å². The summed E-state index contributed by atoms with van der Waals surface area (Å²) in [5.74, 6) is -0.601. The number of amides is 2. The van der Waals surface area contributed by atoms with Gasteiger partial charge in [0.25, 0.3) is 0 Å². The summed E-state index contributed by atoms with van der Waals surface area (Å²) in [6.07, 6.45) is -0.605. The van der Waals surface area contributed by atoms with Crippen molar-refractivity contribution in [3.8, 4) is 0 Å². The van der Waals surface area contributed by atoms with Crippen molar-refractivity contribution in [2.75, 3.05) is 13.1 Å². The SMILES string of the molecule is C[C@H](O)C(=O)NC(C)(C)CC(=O)N1CC[C@](O)(c2ccc(Cl)cc2)C(C)(C)C1. The number of piperidine rings is 1. The summed E-state index contributed by atoms with van der Waals surface area (Å²) >= 11 is 5.97. The predicted octanol–water partition coefficient (Wildman–Crippen LogP) is 2.45. The first-order valence-electron chi connectivity index (χ1n) is 9.54. The molecule has 0 bridgehead atoms. The standard InChI is InChI=1S/C21H31ClN2O4/c1-14(25)18(27)23-20(4,5)12-17(26)24-11-10-21(28,19(2,3)13-24)15-6-8-16(22)9-7-15/h6-9,14,25,28H,10-13H2,1-5H3,(H,23,27)/t14-,21-/m0/s1. The van der Waals surface area contributed by atoms with E-state index in [-0.39, 0.29) is 12.3 Å². The van der Waals surface area contributed by atoms with Crippen molar-refractivity contribution >= 4 is 23.4 Å². The number of halogens is 1. The molecule has 1 aromatic carbocycles. The van der Waals surface area contributed by atoms with Gasteiger partial charge in [0.2, 0.25) is 11.8 Å². The van der Waals surface area contributed by atoms with Crippen molar-refractivity contribution in [1.29, 1.82) is 0 Å². The van der Waals surface area contributed by atoms with Crippen LogP contribution in [-0.2, 0) is 15.2 Å². The number of hydrogen-bond acceptors (Lipinski definition) is 4. The second-order valence-corrected chi connectivity index (χ2v) is 9.48. The number of nitrogens with one attached hydrogen (secondary N) is 1. The van der Waals surface area contributed by atoms with Crippen LogP contribution < -0.4 is 5.32 Å². The first kappa shape index (κ1) is 22.7. The number of benzene rings is 1. The Labute approximate surface area is 171 Å². The van der Waals surface area contributed by atoms with Crippen LogP contribution in [0.2, 0.25) is 5.02 Å². The first-order valence-corrected chi connectivity index (χ1v) is 9.91. The van der Waals surface area contributed by atoms with Gasteiger partial charge in [0.05, 0.1) is 5.60 Å². The zero-order valence-corrected chi connectivity index (χ0v) is 18.0. The molecule has 1 saturated heterocycles. The number of hydrogen-bond donors (Lipinski definition) is 3. The van der Waals surface area contributed by atoms with Crippen LogP contribution >= 0.6 is 11.6 Å². The third kappa shape index (κ3) is 4.85. The van der Waals surface area contributed by atoms with Gasteiger partial charge in [0, 0.05) is 35.5 Å². The molecule has 0 unspecified atom stereocenters. The smallest absolute Gasteiger partial charge is 0.248 e. The van der Waals surface area contributed by atoms with E-state index in [4.69, 9.17) is 11.6 Å². The van der Waals surface area contributed by atoms with Gasteiger partial charge in [-0.25, -0.2) is 0 Å². The van der Waals surface area contributed by atoms with E-state index < -0.39 is 28.6 Å². The molecule has 6 nitrogen and oxygen atoms in total. The molecule has 1 aromatic rings. The van der Waals surface area contributed by atoms with E-state index in [0.717, 1.165) is 5.56 Å². The summed E-state index contributed by atoms with van der Waals surface area (Å²) < 4.78 is 0. The number of nitrogens with zero attached hydrogens (tertiary/aromatic N) is 1. The van der Waals surface area contributed by atoms with E-state index in [1.807, 2.05) is 26.0 Å². The Morgan fingerprint density at radius 2 is 1.86 bits per heavy atom. The highest BCUT2D eigenvalue weighted by molar-refractivity contribution is 6.30. The fraction of sp³-hybridized carbons (Fsp3) is 0.619. The van der Waals surface area contributed by atoms with E-state index in [1.165, 1.54) is 6.92 Å². The average molecular weight is 411 g/mol. The summed E-state index contributed by atoms with van der Waals surface area (Å²) in [7, 11) is 0. The molecule has 2 amide bonds. The molecule has 28 heavy (non-hydrogen) atoms. The maximum Gasteiger partial charge on any atom is 0.248 e. The van der Waals surface area contributed by atoms with E-state index in [1.54, 1.807) is 30.9 Å². The van der Waals surface area contributed by atoms with E-state index in [0.29, 0.717) is 24.5 Å². The third-order valence-electron chi connectivity index (χ3n) is 5.56. The molecular weight excluding hydrogens is 380 g/mol. The van der Waals surface area contributed by atoms with Crippen LogP contribution in [-0.4, -0.2) is 51.7 Å². The van der Waals surface area contributed by atoms with Gasteiger partial charge in [0.1, 0.15) is 6.10 Å². The highest BCUT2D eigenvalue weighted by Crippen LogP contribution is 2.46. The summed E-state index contributed by atoms with van der Waals surface area (Å²) in [5, 5.41) is 24.1. The van der Waals surface area contributed by atoms with E-state index in [2.05, 4.69) is 5.32 Å². The third-order valence-corrected chi connectivity index (χ3v) is 5.81. The molecule has 0 radical (unpaired) electrons. The summed E-state index contributed by atoms with van der Waals surface area (Å²) in [6, 6.07) is 7.18. The number of aliphatic hydroxyl groups excluding tert-OH is 1. The summed E-state index contributed by atoms with van der Waals surface area (Å²) in [6.45, 7) is 9.60. The van der Waals surface area contributed by atoms with Gasteiger partial charge >= 0.3 is 0 Å². The fourth-order valence-corrected chi connectivity index (χ4v) is 3.89. The lowest BCUT2D eigenvalue weighted by molar-refractivity contribution is -0.154. The highest BCUT2D eigenvalue weighted by Gasteiger charge is 2.49. The Morgan fingerprint density at radius 3 is 2.36 bits per heavy atom. The summed E-state index contributed by atoms with van der Waals surface area (Å²) in [4.78, 5) is 26.4. The lowest BCUT2D eigenvalue weighted by atomic mass is 9.66. The van der Waals surface area contributed by atoms with Crippen LogP contribution in [0.4, 0.5) is 0 Å². The number of likely N-dealkylation sites (tertiary alicyclic amines) is 1. The minimum atomic E-state index is -1.13. The lowest BCUT2D eigenvalue weighted by Gasteiger charge is -2.51. The van der Waals surface area contributed by atoms with Crippen molar-refractivity contribution in [3.63, 3.8) is 0 Å². The second-order valence-electron chi connectivity index (χ2n) is 9.04. The molecule has 0 spiro atoms. The van der Waals surface area contributed by atoms with Crippen LogP contribution in [0, 0.1) is 5.41 Å². The van der Waals surface area contributed by atoms with Gasteiger partial charge in [0.15, 0.2) is 0 Å². The second kappa shape index (κ2) is 8.01. The molecule has 0 saturated carbocycles. The number of rotatable bonds is 5. The monoisotopic (exact) mass is 410 g/mol. The van der Waals surface area contributed by atoms with Crippen LogP contribution in [0.3, 0.4) is 0 Å². The maximum absolute atomic E-state index is 12.9. The highest BCUT2D eigenvalue weighted by atomic mass is 35.5. The largest absolute Gasteiger partial charge is 0.384 e. The van der Waals surface area contributed by atoms with Crippen LogP contribution in [0.15, 0.2) is 24.3 Å². The number of aliphatic hydroxyl groups is 2. The minimum absolute atomic E-state index is 0.0953. The molecule has 1 aliphatic rings. The van der Waals surface area contributed by atoms with Crippen LogP contribution in [0.25, 0.3) is 0 Å². The van der Waals surface area contributed by atoms with E-state index >= 15 is 0 Å². The molecule has 1 fully saturated rings. The van der Waals surface area contributed by atoms with Gasteiger partial charge in [-0.1, -0.05) is 37.6 Å². The molecule has 156 valence electrons. The Balaban J connectivity index is 2.10. The number of carbonyl (C=O) groups excluding carboxylic acids is 2. The lowest BCUT2D eigenvalue weighted by Crippen LogP contribution is -2.58. The zero-order valence-electron chi connectivity index (χ0n) is 17.3. The van der Waals surface area contributed by atoms with E-state index in [9.17, 15) is 19.8 Å². The topological polar surface area (TPSA) is 89.9 Å². The normalized spacial score (nSPS) is 23.2. The molecule has 3 N–H and O–H groups in total. The maximum atomic E-state index is 12.9. The fourth-order valence-electron chi connectivity index (χ4n) is 3.77. The zero-order chi connectivity index (χ0) is 21.3. The van der Waals surface area contributed by atoms with Crippen molar-refractivity contribution in [2.45, 2.75) is 64.7 Å². The van der Waals surface area contributed by atoms with Gasteiger partial charge in [-0.05, 0) is 44.9 Å². The Morgan fingerprint density at radius 1 is 1.29 bits per heavy atom. The quantitative estimate of drug-likeness (QED) is 0.695. The predicted molar refractivity (Wildman–Crippen MR) is 109 cm³/mol. The van der Waals surface area contributed by atoms with Crippen LogP contribution in [0.1, 0.15) is 53.0 Å². The molecule has 2 rings (SSSR count). The summed E-state index contributed by atoms with van der Waals surface area (Å²) in [5.41, 5.74) is -1.62. The molecule has 0 aliphatic carbocycles.